The van der Waals surface area contributed by atoms with Gasteiger partial charge in [0.05, 0.1) is 11.4 Å². The van der Waals surface area contributed by atoms with E-state index in [9.17, 15) is 0 Å². The van der Waals surface area contributed by atoms with E-state index in [0.29, 0.717) is 12.5 Å². The first-order chi connectivity index (χ1) is 8.11. The zero-order valence-corrected chi connectivity index (χ0v) is 10.6. The molecule has 0 saturated heterocycles. The van der Waals surface area contributed by atoms with Gasteiger partial charge in [-0.05, 0) is 18.4 Å². The largest absolute Gasteiger partial charge is 0.345 e. The van der Waals surface area contributed by atoms with Crippen LogP contribution in [-0.2, 0) is 6.54 Å². The van der Waals surface area contributed by atoms with Crippen LogP contribution in [0.15, 0.2) is 24.3 Å². The highest BCUT2D eigenvalue weighted by molar-refractivity contribution is 5.62. The maximum absolute atomic E-state index is 5.71. The number of H-pyrrole nitrogens is 1. The van der Waals surface area contributed by atoms with Crippen molar-refractivity contribution in [3.63, 3.8) is 0 Å². The summed E-state index contributed by atoms with van der Waals surface area (Å²) in [5.41, 5.74) is 10.1. The number of nitrogens with zero attached hydrogens (tertiary/aromatic N) is 1. The van der Waals surface area contributed by atoms with Gasteiger partial charge >= 0.3 is 0 Å². The Kier molecular flexibility index (Phi) is 3.29. The molecule has 90 valence electrons. The summed E-state index contributed by atoms with van der Waals surface area (Å²) in [7, 11) is 0. The van der Waals surface area contributed by atoms with E-state index in [1.165, 1.54) is 5.56 Å². The molecular weight excluding hydrogens is 210 g/mol. The third-order valence-corrected chi connectivity index (χ3v) is 2.95. The minimum atomic E-state index is 0.488. The molecule has 3 heteroatoms. The van der Waals surface area contributed by atoms with Gasteiger partial charge in [0.2, 0.25) is 0 Å². The summed E-state index contributed by atoms with van der Waals surface area (Å²) >= 11 is 0. The first kappa shape index (κ1) is 11.9. The van der Waals surface area contributed by atoms with E-state index in [-0.39, 0.29) is 0 Å². The molecule has 0 aliphatic carbocycles. The molecule has 0 unspecified atom stereocenters. The van der Waals surface area contributed by atoms with Crippen molar-refractivity contribution >= 4 is 0 Å². The molecule has 1 heterocycles. The number of rotatable bonds is 3. The summed E-state index contributed by atoms with van der Waals surface area (Å²) in [5.74, 6) is 1.47. The fourth-order valence-electron chi connectivity index (χ4n) is 1.95. The maximum atomic E-state index is 5.71. The molecule has 1 aromatic heterocycles. The molecule has 0 saturated carbocycles. The smallest absolute Gasteiger partial charge is 0.103 e. The second-order valence-corrected chi connectivity index (χ2v) is 4.63. The highest BCUT2D eigenvalue weighted by Gasteiger charge is 2.09. The van der Waals surface area contributed by atoms with Gasteiger partial charge < -0.3 is 10.7 Å². The molecule has 2 rings (SSSR count). The van der Waals surface area contributed by atoms with Crippen LogP contribution in [0, 0.1) is 6.92 Å². The molecule has 3 N–H and O–H groups in total. The predicted molar refractivity (Wildman–Crippen MR) is 70.7 cm³/mol. The quantitative estimate of drug-likeness (QED) is 0.850. The van der Waals surface area contributed by atoms with Crippen LogP contribution in [0.3, 0.4) is 0 Å². The molecule has 1 aromatic carbocycles. The minimum Gasteiger partial charge on any atom is -0.345 e. The lowest BCUT2D eigenvalue weighted by Crippen LogP contribution is -1.98. The highest BCUT2D eigenvalue weighted by atomic mass is 14.9. The number of benzene rings is 1. The third kappa shape index (κ3) is 2.39. The van der Waals surface area contributed by atoms with E-state index in [0.717, 1.165) is 22.8 Å². The maximum Gasteiger partial charge on any atom is 0.103 e. The predicted octanol–water partition coefficient (Wildman–Crippen LogP) is 2.97. The number of hydrogen-bond acceptors (Lipinski definition) is 2. The van der Waals surface area contributed by atoms with Gasteiger partial charge in [0.15, 0.2) is 0 Å². The number of aromatic amines is 1. The Balaban J connectivity index is 2.39. The van der Waals surface area contributed by atoms with Gasteiger partial charge in [0.1, 0.15) is 5.82 Å². The number of imidazole rings is 1. The molecule has 2 aromatic rings. The summed E-state index contributed by atoms with van der Waals surface area (Å²) in [6, 6.07) is 8.54. The lowest BCUT2D eigenvalue weighted by Gasteiger charge is -2.06. The second-order valence-electron chi connectivity index (χ2n) is 4.63. The number of hydrogen-bond donors (Lipinski definition) is 2. The Morgan fingerprint density at radius 2 is 1.88 bits per heavy atom. The molecule has 0 fully saturated rings. The summed E-state index contributed by atoms with van der Waals surface area (Å²) in [5, 5.41) is 0. The standard InChI is InChI=1S/C14H19N3/c1-9(2)11-4-6-12(7-5-11)14-13(8-15)16-10(3)17-14/h4-7,9H,8,15H2,1-3H3,(H,16,17). The van der Waals surface area contributed by atoms with Gasteiger partial charge in [-0.15, -0.1) is 0 Å². The molecular formula is C14H19N3. The Morgan fingerprint density at radius 1 is 1.24 bits per heavy atom. The van der Waals surface area contributed by atoms with Crippen molar-refractivity contribution in [2.24, 2.45) is 5.73 Å². The molecule has 0 aliphatic heterocycles. The van der Waals surface area contributed by atoms with Crippen LogP contribution in [-0.4, -0.2) is 9.97 Å². The van der Waals surface area contributed by atoms with Gasteiger partial charge in [-0.25, -0.2) is 4.98 Å². The van der Waals surface area contributed by atoms with Gasteiger partial charge in [-0.3, -0.25) is 0 Å². The molecule has 0 aliphatic rings. The Bertz CT molecular complexity index is 495. The van der Waals surface area contributed by atoms with Crippen molar-refractivity contribution in [1.82, 2.24) is 9.97 Å². The van der Waals surface area contributed by atoms with Crippen molar-refractivity contribution in [2.75, 3.05) is 0 Å². The summed E-state index contributed by atoms with van der Waals surface area (Å²) in [4.78, 5) is 7.68. The molecule has 0 amide bonds. The van der Waals surface area contributed by atoms with Crippen LogP contribution in [0.5, 0.6) is 0 Å². The van der Waals surface area contributed by atoms with E-state index in [2.05, 4.69) is 48.1 Å². The van der Waals surface area contributed by atoms with E-state index in [1.807, 2.05) is 6.92 Å². The van der Waals surface area contributed by atoms with Crippen molar-refractivity contribution in [3.05, 3.63) is 41.3 Å². The number of aromatic nitrogens is 2. The lowest BCUT2D eigenvalue weighted by atomic mass is 10.0. The normalized spacial score (nSPS) is 11.1. The van der Waals surface area contributed by atoms with Crippen molar-refractivity contribution in [1.29, 1.82) is 0 Å². The number of nitrogens with two attached hydrogens (primary N) is 1. The van der Waals surface area contributed by atoms with Crippen molar-refractivity contribution in [3.8, 4) is 11.3 Å². The highest BCUT2D eigenvalue weighted by Crippen LogP contribution is 2.24. The number of aryl methyl sites for hydroxylation is 1. The fourth-order valence-corrected chi connectivity index (χ4v) is 1.95. The van der Waals surface area contributed by atoms with Crippen molar-refractivity contribution in [2.45, 2.75) is 33.2 Å². The zero-order chi connectivity index (χ0) is 12.4. The summed E-state index contributed by atoms with van der Waals surface area (Å²) < 4.78 is 0. The molecule has 0 bridgehead atoms. The van der Waals surface area contributed by atoms with Crippen molar-refractivity contribution < 1.29 is 0 Å². The first-order valence-corrected chi connectivity index (χ1v) is 5.97. The molecule has 3 nitrogen and oxygen atoms in total. The van der Waals surface area contributed by atoms with Crippen LogP contribution in [0.1, 0.15) is 36.8 Å². The van der Waals surface area contributed by atoms with Crippen LogP contribution in [0.4, 0.5) is 0 Å². The monoisotopic (exact) mass is 229 g/mol. The first-order valence-electron chi connectivity index (χ1n) is 5.97. The zero-order valence-electron chi connectivity index (χ0n) is 10.6. The van der Waals surface area contributed by atoms with E-state index < -0.39 is 0 Å². The SMILES string of the molecule is Cc1nc(-c2ccc(C(C)C)cc2)c(CN)[nH]1. The van der Waals surface area contributed by atoms with Gasteiger partial charge in [0, 0.05) is 12.1 Å². The van der Waals surface area contributed by atoms with Crippen LogP contribution < -0.4 is 5.73 Å². The Labute approximate surface area is 102 Å². The third-order valence-electron chi connectivity index (χ3n) is 2.95. The fraction of sp³-hybridized carbons (Fsp3) is 0.357. The van der Waals surface area contributed by atoms with Crippen LogP contribution >= 0.6 is 0 Å². The van der Waals surface area contributed by atoms with E-state index in [4.69, 9.17) is 5.73 Å². The summed E-state index contributed by atoms with van der Waals surface area (Å²) in [6.45, 7) is 6.82. The molecule has 0 spiro atoms. The van der Waals surface area contributed by atoms with E-state index in [1.54, 1.807) is 0 Å². The Hall–Kier alpha value is -1.61. The second kappa shape index (κ2) is 4.72. The molecule has 0 radical (unpaired) electrons. The van der Waals surface area contributed by atoms with Crippen LogP contribution in [0.2, 0.25) is 0 Å². The average molecular weight is 229 g/mol. The Morgan fingerprint density at radius 3 is 2.41 bits per heavy atom. The van der Waals surface area contributed by atoms with Crippen LogP contribution in [0.25, 0.3) is 11.3 Å². The molecule has 17 heavy (non-hydrogen) atoms. The number of nitrogens with one attached hydrogen (secondary N) is 1. The van der Waals surface area contributed by atoms with Gasteiger partial charge in [0.25, 0.3) is 0 Å². The topological polar surface area (TPSA) is 54.7 Å². The van der Waals surface area contributed by atoms with E-state index >= 15 is 0 Å². The molecule has 0 atom stereocenters. The van der Waals surface area contributed by atoms with Gasteiger partial charge in [-0.1, -0.05) is 38.1 Å². The minimum absolute atomic E-state index is 0.488. The average Bonchev–Trinajstić information content (AvgIpc) is 2.70. The van der Waals surface area contributed by atoms with Gasteiger partial charge in [-0.2, -0.15) is 0 Å². The summed E-state index contributed by atoms with van der Waals surface area (Å²) in [6.07, 6.45) is 0. The lowest BCUT2D eigenvalue weighted by molar-refractivity contribution is 0.867.